The Hall–Kier alpha value is -2.54. The molecule has 0 aliphatic heterocycles. The summed E-state index contributed by atoms with van der Waals surface area (Å²) in [5.41, 5.74) is 2.53. The molecule has 0 saturated carbocycles. The molecule has 1 atom stereocenters. The van der Waals surface area contributed by atoms with Crippen molar-refractivity contribution in [3.8, 4) is 5.75 Å². The van der Waals surface area contributed by atoms with Crippen LogP contribution >= 0.6 is 0 Å². The van der Waals surface area contributed by atoms with Crippen LogP contribution < -0.4 is 14.4 Å². The number of sulfonamides is 1. The van der Waals surface area contributed by atoms with Crippen LogP contribution in [-0.4, -0.2) is 39.8 Å². The lowest BCUT2D eigenvalue weighted by Crippen LogP contribution is -2.44. The van der Waals surface area contributed by atoms with Gasteiger partial charge in [-0.15, -0.1) is 0 Å². The lowest BCUT2D eigenvalue weighted by molar-refractivity contribution is -0.120. The average Bonchev–Trinajstić information content (AvgIpc) is 2.58. The quantitative estimate of drug-likeness (QED) is 0.752. The van der Waals surface area contributed by atoms with Crippen molar-refractivity contribution in [2.75, 3.05) is 23.7 Å². The largest absolute Gasteiger partial charge is 0.491 e. The number of amides is 1. The van der Waals surface area contributed by atoms with Gasteiger partial charge in [0.2, 0.25) is 15.9 Å². The van der Waals surface area contributed by atoms with E-state index in [1.807, 2.05) is 51.1 Å². The van der Waals surface area contributed by atoms with Crippen LogP contribution in [0.2, 0.25) is 0 Å². The van der Waals surface area contributed by atoms with Gasteiger partial charge in [0, 0.05) is 0 Å². The number of benzene rings is 2. The van der Waals surface area contributed by atoms with E-state index in [1.165, 1.54) is 0 Å². The highest BCUT2D eigenvalue weighted by molar-refractivity contribution is 7.92. The molecule has 2 rings (SSSR count). The van der Waals surface area contributed by atoms with Crippen LogP contribution in [0.3, 0.4) is 0 Å². The predicted molar refractivity (Wildman–Crippen MR) is 108 cm³/mol. The summed E-state index contributed by atoms with van der Waals surface area (Å²) in [6.07, 6.45) is 1.09. The molecule has 0 bridgehead atoms. The first-order valence-corrected chi connectivity index (χ1v) is 10.5. The smallest absolute Gasteiger partial charge is 0.241 e. The van der Waals surface area contributed by atoms with E-state index in [2.05, 4.69) is 5.32 Å². The highest BCUT2D eigenvalue weighted by Crippen LogP contribution is 2.18. The number of rotatable bonds is 8. The number of nitrogens with zero attached hydrogens (tertiary/aromatic N) is 1. The topological polar surface area (TPSA) is 75.7 Å². The number of anilines is 1. The first-order valence-electron chi connectivity index (χ1n) is 8.68. The van der Waals surface area contributed by atoms with Gasteiger partial charge in [0.15, 0.2) is 0 Å². The van der Waals surface area contributed by atoms with Crippen LogP contribution in [0.15, 0.2) is 48.5 Å². The third-order valence-corrected chi connectivity index (χ3v) is 5.05. The average molecular weight is 391 g/mol. The highest BCUT2D eigenvalue weighted by Gasteiger charge is 2.21. The standard InChI is InChI=1S/C20H26N2O4S/c1-15-8-10-19(11-9-15)26-14-17(3)21-20(23)13-22(27(4,24)25)18-7-5-6-16(2)12-18/h5-12,17H,13-14H2,1-4H3,(H,21,23)/t17-/m0/s1. The van der Waals surface area contributed by atoms with Crippen molar-refractivity contribution in [2.24, 2.45) is 0 Å². The van der Waals surface area contributed by atoms with Gasteiger partial charge in [-0.3, -0.25) is 9.10 Å². The summed E-state index contributed by atoms with van der Waals surface area (Å²) in [5.74, 6) is 0.334. The third kappa shape index (κ3) is 6.60. The minimum absolute atomic E-state index is 0.266. The Kier molecular flexibility index (Phi) is 6.85. The molecule has 0 radical (unpaired) electrons. The zero-order valence-corrected chi connectivity index (χ0v) is 16.9. The molecule has 0 aliphatic carbocycles. The molecule has 0 spiro atoms. The number of carbonyl (C=O) groups is 1. The van der Waals surface area contributed by atoms with Crippen molar-refractivity contribution in [2.45, 2.75) is 26.8 Å². The van der Waals surface area contributed by atoms with Gasteiger partial charge in [-0.05, 0) is 50.6 Å². The molecule has 2 aromatic carbocycles. The van der Waals surface area contributed by atoms with Crippen LogP contribution in [0.5, 0.6) is 5.75 Å². The van der Waals surface area contributed by atoms with Crippen molar-refractivity contribution in [1.82, 2.24) is 5.32 Å². The summed E-state index contributed by atoms with van der Waals surface area (Å²) in [7, 11) is -3.58. The van der Waals surface area contributed by atoms with Gasteiger partial charge in [0.25, 0.3) is 0 Å². The number of nitrogens with one attached hydrogen (secondary N) is 1. The second-order valence-electron chi connectivity index (χ2n) is 6.70. The Morgan fingerprint density at radius 1 is 1.11 bits per heavy atom. The molecule has 146 valence electrons. The molecule has 0 heterocycles. The maximum Gasteiger partial charge on any atom is 0.241 e. The molecule has 27 heavy (non-hydrogen) atoms. The van der Waals surface area contributed by atoms with E-state index in [4.69, 9.17) is 4.74 Å². The monoisotopic (exact) mass is 390 g/mol. The fraction of sp³-hybridized carbons (Fsp3) is 0.350. The molecule has 0 saturated heterocycles. The molecule has 1 N–H and O–H groups in total. The van der Waals surface area contributed by atoms with Gasteiger partial charge in [-0.25, -0.2) is 8.42 Å². The number of carbonyl (C=O) groups excluding carboxylic acids is 1. The molecule has 1 amide bonds. The summed E-state index contributed by atoms with van der Waals surface area (Å²) in [5, 5.41) is 2.78. The van der Waals surface area contributed by atoms with Crippen LogP contribution in [0.4, 0.5) is 5.69 Å². The van der Waals surface area contributed by atoms with Crippen LogP contribution in [0, 0.1) is 13.8 Å². The summed E-state index contributed by atoms with van der Waals surface area (Å²) < 4.78 is 31.0. The second kappa shape index (κ2) is 8.90. The lowest BCUT2D eigenvalue weighted by atomic mass is 10.2. The molecular weight excluding hydrogens is 364 g/mol. The number of ether oxygens (including phenoxy) is 1. The Bertz CT molecular complexity index is 879. The maximum absolute atomic E-state index is 12.4. The van der Waals surface area contributed by atoms with E-state index < -0.39 is 10.0 Å². The summed E-state index contributed by atoms with van der Waals surface area (Å²) in [6, 6.07) is 14.4. The van der Waals surface area contributed by atoms with Crippen LogP contribution in [0.1, 0.15) is 18.1 Å². The molecule has 0 aliphatic rings. The minimum atomic E-state index is -3.58. The van der Waals surface area contributed by atoms with Gasteiger partial charge in [-0.2, -0.15) is 0 Å². The maximum atomic E-state index is 12.4. The first kappa shape index (κ1) is 20.8. The fourth-order valence-corrected chi connectivity index (χ4v) is 3.38. The van der Waals surface area contributed by atoms with E-state index in [-0.39, 0.29) is 25.1 Å². The number of aryl methyl sites for hydroxylation is 2. The minimum Gasteiger partial charge on any atom is -0.491 e. The SMILES string of the molecule is Cc1ccc(OC[C@H](C)NC(=O)CN(c2cccc(C)c2)S(C)(=O)=O)cc1. The van der Waals surface area contributed by atoms with Crippen molar-refractivity contribution in [1.29, 1.82) is 0 Å². The highest BCUT2D eigenvalue weighted by atomic mass is 32.2. The Morgan fingerprint density at radius 2 is 1.78 bits per heavy atom. The van der Waals surface area contributed by atoms with E-state index in [0.29, 0.717) is 5.69 Å². The molecular formula is C20H26N2O4S. The number of hydrogen-bond donors (Lipinski definition) is 1. The van der Waals surface area contributed by atoms with Crippen LogP contribution in [0.25, 0.3) is 0 Å². The van der Waals surface area contributed by atoms with Crippen molar-refractivity contribution in [3.05, 3.63) is 59.7 Å². The van der Waals surface area contributed by atoms with Crippen molar-refractivity contribution in [3.63, 3.8) is 0 Å². The van der Waals surface area contributed by atoms with E-state index in [1.54, 1.807) is 18.2 Å². The zero-order chi connectivity index (χ0) is 20.0. The van der Waals surface area contributed by atoms with Gasteiger partial charge >= 0.3 is 0 Å². The first-order chi connectivity index (χ1) is 12.6. The fourth-order valence-electron chi connectivity index (χ4n) is 2.53. The van der Waals surface area contributed by atoms with E-state index in [9.17, 15) is 13.2 Å². The summed E-state index contributed by atoms with van der Waals surface area (Å²) >= 11 is 0. The summed E-state index contributed by atoms with van der Waals surface area (Å²) in [4.78, 5) is 12.4. The molecule has 7 heteroatoms. The van der Waals surface area contributed by atoms with Crippen molar-refractivity contribution < 1.29 is 17.9 Å². The normalized spacial score (nSPS) is 12.3. The molecule has 0 fully saturated rings. The Morgan fingerprint density at radius 3 is 2.37 bits per heavy atom. The molecule has 0 aromatic heterocycles. The second-order valence-corrected chi connectivity index (χ2v) is 8.61. The molecule has 2 aromatic rings. The number of hydrogen-bond acceptors (Lipinski definition) is 4. The van der Waals surface area contributed by atoms with Gasteiger partial charge in [-0.1, -0.05) is 29.8 Å². The third-order valence-electron chi connectivity index (χ3n) is 3.91. The summed E-state index contributed by atoms with van der Waals surface area (Å²) in [6.45, 7) is 5.68. The Labute approximate surface area is 161 Å². The molecule has 6 nitrogen and oxygen atoms in total. The van der Waals surface area contributed by atoms with Crippen LogP contribution in [-0.2, 0) is 14.8 Å². The van der Waals surface area contributed by atoms with E-state index >= 15 is 0 Å². The van der Waals surface area contributed by atoms with Gasteiger partial charge in [0.05, 0.1) is 18.0 Å². The predicted octanol–water partition coefficient (Wildman–Crippen LogP) is 2.65. The zero-order valence-electron chi connectivity index (χ0n) is 16.1. The van der Waals surface area contributed by atoms with Gasteiger partial charge < -0.3 is 10.1 Å². The van der Waals surface area contributed by atoms with E-state index in [0.717, 1.165) is 27.4 Å². The van der Waals surface area contributed by atoms with Crippen molar-refractivity contribution >= 4 is 21.6 Å². The van der Waals surface area contributed by atoms with Gasteiger partial charge in [0.1, 0.15) is 18.9 Å². The lowest BCUT2D eigenvalue weighted by Gasteiger charge is -2.23. The molecule has 0 unspecified atom stereocenters. The Balaban J connectivity index is 1.95.